The van der Waals surface area contributed by atoms with Gasteiger partial charge in [-0.25, -0.2) is 4.79 Å². The number of hydrogen-bond acceptors (Lipinski definition) is 3. The molecule has 0 saturated carbocycles. The van der Waals surface area contributed by atoms with E-state index in [1.54, 1.807) is 14.2 Å². The predicted molar refractivity (Wildman–Crippen MR) is 75.0 cm³/mol. The fourth-order valence-electron chi connectivity index (χ4n) is 1.80. The summed E-state index contributed by atoms with van der Waals surface area (Å²) in [5, 5.41) is 10.9. The minimum atomic E-state index is -1.07. The largest absolute Gasteiger partial charge is 0.496 e. The van der Waals surface area contributed by atoms with Crippen molar-refractivity contribution in [2.45, 2.75) is 19.4 Å². The van der Waals surface area contributed by atoms with Crippen LogP contribution in [0.3, 0.4) is 0 Å². The van der Waals surface area contributed by atoms with E-state index in [-0.39, 0.29) is 12.6 Å². The normalized spacial score (nSPS) is 11.6. The van der Waals surface area contributed by atoms with E-state index in [2.05, 4.69) is 5.32 Å². The minimum absolute atomic E-state index is 0.0832. The van der Waals surface area contributed by atoms with E-state index in [0.29, 0.717) is 6.42 Å². The van der Waals surface area contributed by atoms with E-state index in [0.717, 1.165) is 11.3 Å². The SMILES string of the molecule is COc1ccccc1CC(C)N(C)C(=O)NCC(=O)O. The Bertz CT molecular complexity index is 476. The summed E-state index contributed by atoms with van der Waals surface area (Å²) in [5.74, 6) is -0.289. The number of benzene rings is 1. The molecule has 1 aromatic carbocycles. The first-order valence-corrected chi connectivity index (χ1v) is 6.30. The summed E-state index contributed by atoms with van der Waals surface area (Å²) in [6.45, 7) is 1.51. The maximum atomic E-state index is 11.8. The Morgan fingerprint density at radius 2 is 2.05 bits per heavy atom. The van der Waals surface area contributed by atoms with Crippen molar-refractivity contribution in [3.63, 3.8) is 0 Å². The molecule has 0 fully saturated rings. The molecule has 1 aromatic rings. The predicted octanol–water partition coefficient (Wildman–Crippen LogP) is 1.35. The molecule has 6 heteroatoms. The highest BCUT2D eigenvalue weighted by Crippen LogP contribution is 2.20. The maximum absolute atomic E-state index is 11.8. The molecule has 20 heavy (non-hydrogen) atoms. The standard InChI is InChI=1S/C14H20N2O4/c1-10(16(2)14(19)15-9-13(17)18)8-11-6-4-5-7-12(11)20-3/h4-7,10H,8-9H2,1-3H3,(H,15,19)(H,17,18). The van der Waals surface area contributed by atoms with Gasteiger partial charge in [0.25, 0.3) is 0 Å². The van der Waals surface area contributed by atoms with Gasteiger partial charge in [0.05, 0.1) is 7.11 Å². The van der Waals surface area contributed by atoms with Gasteiger partial charge >= 0.3 is 12.0 Å². The zero-order valence-corrected chi connectivity index (χ0v) is 11.9. The van der Waals surface area contributed by atoms with Crippen LogP contribution in [0.2, 0.25) is 0 Å². The van der Waals surface area contributed by atoms with Crippen LogP contribution in [-0.2, 0) is 11.2 Å². The third-order valence-corrected chi connectivity index (χ3v) is 3.08. The highest BCUT2D eigenvalue weighted by atomic mass is 16.5. The van der Waals surface area contributed by atoms with Crippen molar-refractivity contribution in [2.24, 2.45) is 0 Å². The number of carboxylic acid groups (broad SMARTS) is 1. The Morgan fingerprint density at radius 1 is 1.40 bits per heavy atom. The molecule has 2 N–H and O–H groups in total. The molecule has 1 atom stereocenters. The molecule has 1 unspecified atom stereocenters. The van der Waals surface area contributed by atoms with Crippen molar-refractivity contribution in [2.75, 3.05) is 20.7 Å². The molecular formula is C14H20N2O4. The van der Waals surface area contributed by atoms with E-state index in [1.807, 2.05) is 31.2 Å². The summed E-state index contributed by atoms with van der Waals surface area (Å²) in [5.41, 5.74) is 1.00. The Kier molecular flexibility index (Phi) is 5.83. The lowest BCUT2D eigenvalue weighted by atomic mass is 10.1. The fraction of sp³-hybridized carbons (Fsp3) is 0.429. The number of hydrogen-bond donors (Lipinski definition) is 2. The lowest BCUT2D eigenvalue weighted by Crippen LogP contribution is -2.44. The smallest absolute Gasteiger partial charge is 0.323 e. The van der Waals surface area contributed by atoms with Gasteiger partial charge in [0, 0.05) is 13.1 Å². The van der Waals surface area contributed by atoms with Gasteiger partial charge in [0.2, 0.25) is 0 Å². The topological polar surface area (TPSA) is 78.9 Å². The van der Waals surface area contributed by atoms with E-state index >= 15 is 0 Å². The second-order valence-electron chi connectivity index (χ2n) is 4.53. The van der Waals surface area contributed by atoms with Crippen LogP contribution in [-0.4, -0.2) is 48.8 Å². The zero-order chi connectivity index (χ0) is 15.1. The highest BCUT2D eigenvalue weighted by Gasteiger charge is 2.17. The molecule has 0 aromatic heterocycles. The summed E-state index contributed by atoms with van der Waals surface area (Å²) in [4.78, 5) is 23.7. The molecule has 0 aliphatic heterocycles. The van der Waals surface area contributed by atoms with Crippen molar-refractivity contribution < 1.29 is 19.4 Å². The lowest BCUT2D eigenvalue weighted by Gasteiger charge is -2.25. The average molecular weight is 280 g/mol. The van der Waals surface area contributed by atoms with E-state index in [1.165, 1.54) is 4.90 Å². The summed E-state index contributed by atoms with van der Waals surface area (Å²) >= 11 is 0. The average Bonchev–Trinajstić information content (AvgIpc) is 2.44. The van der Waals surface area contributed by atoms with Crippen molar-refractivity contribution in [1.82, 2.24) is 10.2 Å². The Labute approximate surface area is 118 Å². The number of para-hydroxylation sites is 1. The summed E-state index contributed by atoms with van der Waals surface area (Å²) in [6, 6.07) is 7.12. The van der Waals surface area contributed by atoms with Crippen LogP contribution >= 0.6 is 0 Å². The first-order valence-electron chi connectivity index (χ1n) is 6.30. The number of carboxylic acids is 1. The molecule has 0 radical (unpaired) electrons. The number of ether oxygens (including phenoxy) is 1. The fourth-order valence-corrected chi connectivity index (χ4v) is 1.80. The number of amides is 2. The Hall–Kier alpha value is -2.24. The van der Waals surface area contributed by atoms with E-state index < -0.39 is 12.0 Å². The van der Waals surface area contributed by atoms with Gasteiger partial charge in [-0.05, 0) is 25.0 Å². The number of urea groups is 1. The third kappa shape index (κ3) is 4.46. The van der Waals surface area contributed by atoms with Gasteiger partial charge in [-0.2, -0.15) is 0 Å². The van der Waals surface area contributed by atoms with Crippen LogP contribution in [0.1, 0.15) is 12.5 Å². The lowest BCUT2D eigenvalue weighted by molar-refractivity contribution is -0.135. The number of methoxy groups -OCH3 is 1. The second kappa shape index (κ2) is 7.37. The summed E-state index contributed by atoms with van der Waals surface area (Å²) < 4.78 is 5.27. The van der Waals surface area contributed by atoms with E-state index in [9.17, 15) is 9.59 Å². The number of rotatable bonds is 6. The van der Waals surface area contributed by atoms with Gasteiger partial charge in [-0.15, -0.1) is 0 Å². The van der Waals surface area contributed by atoms with Crippen molar-refractivity contribution in [1.29, 1.82) is 0 Å². The van der Waals surface area contributed by atoms with Gasteiger partial charge in [-0.3, -0.25) is 4.79 Å². The molecule has 0 bridgehead atoms. The summed E-state index contributed by atoms with van der Waals surface area (Å²) in [6.07, 6.45) is 0.626. The number of carbonyl (C=O) groups is 2. The zero-order valence-electron chi connectivity index (χ0n) is 11.9. The van der Waals surface area contributed by atoms with E-state index in [4.69, 9.17) is 9.84 Å². The van der Waals surface area contributed by atoms with Crippen molar-refractivity contribution >= 4 is 12.0 Å². The molecule has 6 nitrogen and oxygen atoms in total. The molecule has 1 rings (SSSR count). The second-order valence-corrected chi connectivity index (χ2v) is 4.53. The molecule has 0 heterocycles. The maximum Gasteiger partial charge on any atom is 0.323 e. The minimum Gasteiger partial charge on any atom is -0.496 e. The van der Waals surface area contributed by atoms with Gasteiger partial charge in [-0.1, -0.05) is 18.2 Å². The highest BCUT2D eigenvalue weighted by molar-refractivity contribution is 5.79. The molecule has 2 amide bonds. The number of nitrogens with one attached hydrogen (secondary N) is 1. The van der Waals surface area contributed by atoms with Gasteiger partial charge in [0.15, 0.2) is 0 Å². The van der Waals surface area contributed by atoms with Crippen LogP contribution < -0.4 is 10.1 Å². The molecular weight excluding hydrogens is 260 g/mol. The summed E-state index contributed by atoms with van der Waals surface area (Å²) in [7, 11) is 3.24. The van der Waals surface area contributed by atoms with Gasteiger partial charge < -0.3 is 20.1 Å². The van der Waals surface area contributed by atoms with Crippen molar-refractivity contribution in [3.8, 4) is 5.75 Å². The van der Waals surface area contributed by atoms with Gasteiger partial charge in [0.1, 0.15) is 12.3 Å². The third-order valence-electron chi connectivity index (χ3n) is 3.08. The van der Waals surface area contributed by atoms with Crippen LogP contribution in [0, 0.1) is 0 Å². The molecule has 0 aliphatic rings. The number of aliphatic carboxylic acids is 1. The molecule has 110 valence electrons. The molecule has 0 aliphatic carbocycles. The Morgan fingerprint density at radius 3 is 2.65 bits per heavy atom. The molecule has 0 spiro atoms. The first kappa shape index (κ1) is 15.8. The Balaban J connectivity index is 2.63. The van der Waals surface area contributed by atoms with Crippen LogP contribution in [0.15, 0.2) is 24.3 Å². The first-order chi connectivity index (χ1) is 9.45. The van der Waals surface area contributed by atoms with Crippen LogP contribution in [0.4, 0.5) is 4.79 Å². The van der Waals surface area contributed by atoms with Crippen LogP contribution in [0.25, 0.3) is 0 Å². The van der Waals surface area contributed by atoms with Crippen LogP contribution in [0.5, 0.6) is 5.75 Å². The van der Waals surface area contributed by atoms with Crippen molar-refractivity contribution in [3.05, 3.63) is 29.8 Å². The number of likely N-dealkylation sites (N-methyl/N-ethyl adjacent to an activating group) is 1. The molecule has 0 saturated heterocycles. The number of nitrogens with zero attached hydrogens (tertiary/aromatic N) is 1. The number of carbonyl (C=O) groups excluding carboxylic acids is 1. The monoisotopic (exact) mass is 280 g/mol. The quantitative estimate of drug-likeness (QED) is 0.824.